The molecule has 1 rings (SSSR count). The van der Waals surface area contributed by atoms with E-state index < -0.39 is 5.60 Å². The fourth-order valence-electron chi connectivity index (χ4n) is 1.45. The first kappa shape index (κ1) is 12.9. The quantitative estimate of drug-likeness (QED) is 0.798. The van der Waals surface area contributed by atoms with Crippen LogP contribution in [0, 0.1) is 0 Å². The lowest BCUT2D eigenvalue weighted by Crippen LogP contribution is -2.19. The van der Waals surface area contributed by atoms with Gasteiger partial charge in [0.1, 0.15) is 0 Å². The van der Waals surface area contributed by atoms with Crippen molar-refractivity contribution in [2.75, 3.05) is 6.54 Å². The number of hydrogen-bond acceptors (Lipinski definition) is 2. The molecule has 0 fully saturated rings. The summed E-state index contributed by atoms with van der Waals surface area (Å²) in [6.45, 7) is 4.25. The summed E-state index contributed by atoms with van der Waals surface area (Å²) >= 11 is 0. The van der Waals surface area contributed by atoms with E-state index >= 15 is 0 Å². The highest BCUT2D eigenvalue weighted by atomic mass is 16.3. The Labute approximate surface area is 97.8 Å². The molecule has 0 spiro atoms. The van der Waals surface area contributed by atoms with Crippen molar-refractivity contribution in [3.63, 3.8) is 0 Å². The summed E-state index contributed by atoms with van der Waals surface area (Å²) in [6, 6.07) is 8.35. The molecule has 0 aliphatic carbocycles. The van der Waals surface area contributed by atoms with Crippen LogP contribution in [0.1, 0.15) is 31.4 Å². The monoisotopic (exact) mass is 219 g/mol. The van der Waals surface area contributed by atoms with E-state index in [1.165, 1.54) is 5.56 Å². The standard InChI is InChI=1S/C14H21NO/c1-14(2,16)10-9-13-7-5-12(6-8-13)4-3-11-15/h3-8,16H,9-11,15H2,1-2H3/b4-3+. The molecule has 0 aliphatic heterocycles. The average molecular weight is 219 g/mol. The molecule has 0 aromatic heterocycles. The maximum absolute atomic E-state index is 9.62. The molecule has 88 valence electrons. The molecule has 2 nitrogen and oxygen atoms in total. The van der Waals surface area contributed by atoms with Crippen LogP contribution in [0.4, 0.5) is 0 Å². The topological polar surface area (TPSA) is 46.2 Å². The number of aliphatic hydroxyl groups is 1. The summed E-state index contributed by atoms with van der Waals surface area (Å²) in [5.41, 5.74) is 7.22. The largest absolute Gasteiger partial charge is 0.390 e. The van der Waals surface area contributed by atoms with Gasteiger partial charge in [0.05, 0.1) is 5.60 Å². The first-order valence-corrected chi connectivity index (χ1v) is 5.69. The first-order valence-electron chi connectivity index (χ1n) is 5.69. The van der Waals surface area contributed by atoms with Crippen molar-refractivity contribution in [2.24, 2.45) is 5.73 Å². The molecule has 0 heterocycles. The van der Waals surface area contributed by atoms with Gasteiger partial charge in [-0.05, 0) is 37.8 Å². The van der Waals surface area contributed by atoms with E-state index in [0.717, 1.165) is 18.4 Å². The van der Waals surface area contributed by atoms with Crippen LogP contribution < -0.4 is 5.73 Å². The number of benzene rings is 1. The van der Waals surface area contributed by atoms with Crippen molar-refractivity contribution in [3.8, 4) is 0 Å². The molecule has 0 bridgehead atoms. The molecular weight excluding hydrogens is 198 g/mol. The summed E-state index contributed by atoms with van der Waals surface area (Å²) in [4.78, 5) is 0. The molecule has 0 unspecified atom stereocenters. The second-order valence-electron chi connectivity index (χ2n) is 4.69. The lowest BCUT2D eigenvalue weighted by atomic mass is 9.98. The van der Waals surface area contributed by atoms with Crippen LogP contribution in [-0.2, 0) is 6.42 Å². The number of nitrogens with two attached hydrogens (primary N) is 1. The lowest BCUT2D eigenvalue weighted by Gasteiger charge is -2.16. The van der Waals surface area contributed by atoms with E-state index in [1.54, 1.807) is 0 Å². The molecule has 1 aromatic rings. The van der Waals surface area contributed by atoms with Crippen LogP contribution in [0.2, 0.25) is 0 Å². The Morgan fingerprint density at radius 2 is 1.88 bits per heavy atom. The predicted octanol–water partition coefficient (Wildman–Crippen LogP) is 2.36. The second kappa shape index (κ2) is 5.83. The molecule has 0 aliphatic rings. The van der Waals surface area contributed by atoms with Gasteiger partial charge in [0.15, 0.2) is 0 Å². The zero-order valence-corrected chi connectivity index (χ0v) is 10.1. The molecule has 0 atom stereocenters. The van der Waals surface area contributed by atoms with Crippen molar-refractivity contribution in [2.45, 2.75) is 32.3 Å². The number of hydrogen-bond donors (Lipinski definition) is 2. The van der Waals surface area contributed by atoms with Crippen molar-refractivity contribution in [3.05, 3.63) is 41.5 Å². The number of aryl methyl sites for hydroxylation is 1. The fourth-order valence-corrected chi connectivity index (χ4v) is 1.45. The van der Waals surface area contributed by atoms with Crippen LogP contribution in [0.25, 0.3) is 6.08 Å². The van der Waals surface area contributed by atoms with E-state index in [4.69, 9.17) is 5.73 Å². The van der Waals surface area contributed by atoms with Crippen molar-refractivity contribution >= 4 is 6.08 Å². The van der Waals surface area contributed by atoms with Crippen molar-refractivity contribution in [1.29, 1.82) is 0 Å². The maximum atomic E-state index is 9.62. The van der Waals surface area contributed by atoms with Crippen molar-refractivity contribution in [1.82, 2.24) is 0 Å². The van der Waals surface area contributed by atoms with Gasteiger partial charge < -0.3 is 10.8 Å². The molecule has 0 saturated heterocycles. The maximum Gasteiger partial charge on any atom is 0.0594 e. The van der Waals surface area contributed by atoms with E-state index in [9.17, 15) is 5.11 Å². The highest BCUT2D eigenvalue weighted by Gasteiger charge is 2.11. The zero-order valence-electron chi connectivity index (χ0n) is 10.1. The minimum absolute atomic E-state index is 0.570. The Hall–Kier alpha value is -1.12. The molecule has 2 heteroatoms. The smallest absolute Gasteiger partial charge is 0.0594 e. The highest BCUT2D eigenvalue weighted by molar-refractivity contribution is 5.49. The highest BCUT2D eigenvalue weighted by Crippen LogP contribution is 2.14. The van der Waals surface area contributed by atoms with Gasteiger partial charge in [-0.2, -0.15) is 0 Å². The third kappa shape index (κ3) is 5.10. The first-order chi connectivity index (χ1) is 7.51. The molecular formula is C14H21NO. The van der Waals surface area contributed by atoms with Gasteiger partial charge in [-0.25, -0.2) is 0 Å². The summed E-state index contributed by atoms with van der Waals surface area (Å²) in [5.74, 6) is 0. The Bertz CT molecular complexity index is 333. The summed E-state index contributed by atoms with van der Waals surface area (Å²) in [7, 11) is 0. The van der Waals surface area contributed by atoms with Crippen LogP contribution in [0.15, 0.2) is 30.3 Å². The minimum atomic E-state index is -0.585. The average Bonchev–Trinajstić information content (AvgIpc) is 2.24. The van der Waals surface area contributed by atoms with E-state index in [0.29, 0.717) is 6.54 Å². The van der Waals surface area contributed by atoms with Crippen LogP contribution in [0.5, 0.6) is 0 Å². The van der Waals surface area contributed by atoms with Gasteiger partial charge in [0, 0.05) is 6.54 Å². The molecule has 0 amide bonds. The Balaban J connectivity index is 2.55. The Kier molecular flexibility index (Phi) is 4.71. The van der Waals surface area contributed by atoms with Gasteiger partial charge in [0.25, 0.3) is 0 Å². The van der Waals surface area contributed by atoms with E-state index in [1.807, 2.05) is 26.0 Å². The molecule has 3 N–H and O–H groups in total. The van der Waals surface area contributed by atoms with Crippen molar-refractivity contribution < 1.29 is 5.11 Å². The van der Waals surface area contributed by atoms with Crippen LogP contribution in [-0.4, -0.2) is 17.3 Å². The summed E-state index contributed by atoms with van der Waals surface area (Å²) in [6.07, 6.45) is 5.64. The van der Waals surface area contributed by atoms with Gasteiger partial charge in [-0.15, -0.1) is 0 Å². The second-order valence-corrected chi connectivity index (χ2v) is 4.69. The van der Waals surface area contributed by atoms with Gasteiger partial charge in [0.2, 0.25) is 0 Å². The van der Waals surface area contributed by atoms with Crippen LogP contribution >= 0.6 is 0 Å². The lowest BCUT2D eigenvalue weighted by molar-refractivity contribution is 0.0714. The third-order valence-electron chi connectivity index (χ3n) is 2.45. The number of rotatable bonds is 5. The van der Waals surface area contributed by atoms with E-state index in [2.05, 4.69) is 24.3 Å². The minimum Gasteiger partial charge on any atom is -0.390 e. The summed E-state index contributed by atoms with van der Waals surface area (Å²) in [5, 5.41) is 9.62. The SMILES string of the molecule is CC(C)(O)CCc1ccc(/C=C/CN)cc1. The zero-order chi connectivity index (χ0) is 12.0. The third-order valence-corrected chi connectivity index (χ3v) is 2.45. The molecule has 0 radical (unpaired) electrons. The van der Waals surface area contributed by atoms with Crippen LogP contribution in [0.3, 0.4) is 0 Å². The Morgan fingerprint density at radius 1 is 1.25 bits per heavy atom. The van der Waals surface area contributed by atoms with Gasteiger partial charge >= 0.3 is 0 Å². The van der Waals surface area contributed by atoms with E-state index in [-0.39, 0.29) is 0 Å². The fraction of sp³-hybridized carbons (Fsp3) is 0.429. The molecule has 0 saturated carbocycles. The normalized spacial score (nSPS) is 12.2. The van der Waals surface area contributed by atoms with Gasteiger partial charge in [-0.3, -0.25) is 0 Å². The van der Waals surface area contributed by atoms with Gasteiger partial charge in [-0.1, -0.05) is 36.4 Å². The summed E-state index contributed by atoms with van der Waals surface area (Å²) < 4.78 is 0. The Morgan fingerprint density at radius 3 is 2.38 bits per heavy atom. The molecule has 16 heavy (non-hydrogen) atoms. The predicted molar refractivity (Wildman–Crippen MR) is 69.1 cm³/mol. The molecule has 1 aromatic carbocycles.